The van der Waals surface area contributed by atoms with Gasteiger partial charge in [-0.25, -0.2) is 0 Å². The Morgan fingerprint density at radius 2 is 2.06 bits per heavy atom. The van der Waals surface area contributed by atoms with Crippen molar-refractivity contribution in [1.29, 1.82) is 0 Å². The van der Waals surface area contributed by atoms with E-state index in [1.807, 2.05) is 0 Å². The molecule has 0 bridgehead atoms. The molecule has 0 spiro atoms. The molecule has 100 valence electrons. The summed E-state index contributed by atoms with van der Waals surface area (Å²) in [5.41, 5.74) is 2.98. The Balaban J connectivity index is 2.10. The van der Waals surface area contributed by atoms with E-state index in [0.29, 0.717) is 11.3 Å². The van der Waals surface area contributed by atoms with Gasteiger partial charge < -0.3 is 4.74 Å². The standard InChI is InChI=1S/C16H23BrO/c1-12(2)14-6-5-13(3)9-15(14)18-11-16(10-17)7-4-8-16/h5-6,9,12H,4,7-8,10-11H2,1-3H3. The zero-order valence-electron chi connectivity index (χ0n) is 11.6. The molecule has 1 aromatic rings. The lowest BCUT2D eigenvalue weighted by Gasteiger charge is -2.40. The highest BCUT2D eigenvalue weighted by Gasteiger charge is 2.36. The maximum absolute atomic E-state index is 6.15. The van der Waals surface area contributed by atoms with E-state index in [0.717, 1.165) is 17.7 Å². The van der Waals surface area contributed by atoms with Gasteiger partial charge in [-0.2, -0.15) is 0 Å². The Kier molecular flexibility index (Phi) is 4.37. The van der Waals surface area contributed by atoms with E-state index in [1.54, 1.807) is 0 Å². The van der Waals surface area contributed by atoms with Crippen molar-refractivity contribution in [3.63, 3.8) is 0 Å². The Hall–Kier alpha value is -0.500. The van der Waals surface area contributed by atoms with Gasteiger partial charge in [-0.1, -0.05) is 48.3 Å². The summed E-state index contributed by atoms with van der Waals surface area (Å²) in [5, 5.41) is 1.06. The number of alkyl halides is 1. The highest BCUT2D eigenvalue weighted by atomic mass is 79.9. The first kappa shape index (κ1) is 13.9. The first-order valence-corrected chi connectivity index (χ1v) is 7.98. The van der Waals surface area contributed by atoms with E-state index < -0.39 is 0 Å². The molecule has 0 radical (unpaired) electrons. The van der Waals surface area contributed by atoms with Gasteiger partial charge >= 0.3 is 0 Å². The molecule has 2 rings (SSSR count). The molecule has 0 aromatic heterocycles. The van der Waals surface area contributed by atoms with Crippen molar-refractivity contribution in [2.75, 3.05) is 11.9 Å². The van der Waals surface area contributed by atoms with E-state index in [1.165, 1.54) is 30.4 Å². The maximum atomic E-state index is 6.15. The summed E-state index contributed by atoms with van der Waals surface area (Å²) < 4.78 is 6.15. The van der Waals surface area contributed by atoms with Gasteiger partial charge in [0, 0.05) is 10.7 Å². The van der Waals surface area contributed by atoms with Gasteiger partial charge in [0.15, 0.2) is 0 Å². The van der Waals surface area contributed by atoms with E-state index >= 15 is 0 Å². The minimum Gasteiger partial charge on any atom is -0.493 e. The van der Waals surface area contributed by atoms with Crippen LogP contribution >= 0.6 is 15.9 Å². The third-order valence-corrected chi connectivity index (χ3v) is 5.21. The van der Waals surface area contributed by atoms with Gasteiger partial charge in [0.2, 0.25) is 0 Å². The molecular formula is C16H23BrO. The number of hydrogen-bond acceptors (Lipinski definition) is 1. The average Bonchev–Trinajstić information content (AvgIpc) is 2.28. The molecule has 1 fully saturated rings. The summed E-state index contributed by atoms with van der Waals surface area (Å²) in [6, 6.07) is 6.55. The molecule has 1 saturated carbocycles. The van der Waals surface area contributed by atoms with Crippen LogP contribution in [0.3, 0.4) is 0 Å². The van der Waals surface area contributed by atoms with Gasteiger partial charge in [-0.15, -0.1) is 0 Å². The molecule has 0 unspecified atom stereocenters. The number of halogens is 1. The van der Waals surface area contributed by atoms with Crippen molar-refractivity contribution in [3.8, 4) is 5.75 Å². The summed E-state index contributed by atoms with van der Waals surface area (Å²) in [6.07, 6.45) is 3.93. The number of ether oxygens (including phenoxy) is 1. The summed E-state index contributed by atoms with van der Waals surface area (Å²) in [6.45, 7) is 7.42. The summed E-state index contributed by atoms with van der Waals surface area (Å²) in [4.78, 5) is 0. The van der Waals surface area contributed by atoms with E-state index in [2.05, 4.69) is 54.9 Å². The van der Waals surface area contributed by atoms with Gasteiger partial charge in [0.05, 0.1) is 6.61 Å². The first-order valence-electron chi connectivity index (χ1n) is 6.86. The zero-order chi connectivity index (χ0) is 13.2. The molecule has 2 heteroatoms. The predicted molar refractivity (Wildman–Crippen MR) is 80.8 cm³/mol. The fourth-order valence-corrected chi connectivity index (χ4v) is 3.19. The quantitative estimate of drug-likeness (QED) is 0.690. The lowest BCUT2D eigenvalue weighted by molar-refractivity contribution is 0.0830. The molecule has 0 N–H and O–H groups in total. The monoisotopic (exact) mass is 310 g/mol. The topological polar surface area (TPSA) is 9.23 Å². The zero-order valence-corrected chi connectivity index (χ0v) is 13.2. The second kappa shape index (κ2) is 5.64. The number of aryl methyl sites for hydroxylation is 1. The van der Waals surface area contributed by atoms with Crippen LogP contribution in [-0.2, 0) is 0 Å². The highest BCUT2D eigenvalue weighted by Crippen LogP contribution is 2.43. The molecule has 1 nitrogen and oxygen atoms in total. The minimum absolute atomic E-state index is 0.387. The van der Waals surface area contributed by atoms with Crippen molar-refractivity contribution < 1.29 is 4.74 Å². The molecule has 0 amide bonds. The Morgan fingerprint density at radius 1 is 1.33 bits per heavy atom. The number of rotatable bonds is 5. The summed E-state index contributed by atoms with van der Waals surface area (Å²) in [5.74, 6) is 1.60. The van der Waals surface area contributed by atoms with Crippen molar-refractivity contribution in [2.45, 2.75) is 46.0 Å². The van der Waals surface area contributed by atoms with Crippen LogP contribution in [0, 0.1) is 12.3 Å². The molecule has 1 aliphatic carbocycles. The van der Waals surface area contributed by atoms with Crippen molar-refractivity contribution >= 4 is 15.9 Å². The number of benzene rings is 1. The van der Waals surface area contributed by atoms with Crippen LogP contribution in [0.5, 0.6) is 5.75 Å². The third kappa shape index (κ3) is 2.90. The van der Waals surface area contributed by atoms with E-state index in [4.69, 9.17) is 4.74 Å². The SMILES string of the molecule is Cc1ccc(C(C)C)c(OCC2(CBr)CCC2)c1. The van der Waals surface area contributed by atoms with Gasteiger partial charge in [0.1, 0.15) is 5.75 Å². The predicted octanol–water partition coefficient (Wildman–Crippen LogP) is 5.06. The van der Waals surface area contributed by atoms with Crippen LogP contribution in [-0.4, -0.2) is 11.9 Å². The van der Waals surface area contributed by atoms with Gasteiger partial charge in [0.25, 0.3) is 0 Å². The summed E-state index contributed by atoms with van der Waals surface area (Å²) >= 11 is 3.64. The molecule has 18 heavy (non-hydrogen) atoms. The van der Waals surface area contributed by atoms with Crippen molar-refractivity contribution in [1.82, 2.24) is 0 Å². The van der Waals surface area contributed by atoms with Crippen LogP contribution in [0.1, 0.15) is 50.2 Å². The van der Waals surface area contributed by atoms with Crippen LogP contribution in [0.15, 0.2) is 18.2 Å². The molecule has 0 atom stereocenters. The normalized spacial score (nSPS) is 17.6. The third-order valence-electron chi connectivity index (χ3n) is 4.02. The molecule has 0 saturated heterocycles. The lowest BCUT2D eigenvalue weighted by atomic mass is 9.71. The second-order valence-electron chi connectivity index (χ2n) is 5.97. The fraction of sp³-hybridized carbons (Fsp3) is 0.625. The largest absolute Gasteiger partial charge is 0.493 e. The number of hydrogen-bond donors (Lipinski definition) is 0. The molecular weight excluding hydrogens is 288 g/mol. The van der Waals surface area contributed by atoms with Crippen LogP contribution in [0.25, 0.3) is 0 Å². The molecule has 0 aliphatic heterocycles. The van der Waals surface area contributed by atoms with Crippen molar-refractivity contribution in [3.05, 3.63) is 29.3 Å². The highest BCUT2D eigenvalue weighted by molar-refractivity contribution is 9.09. The Labute approximate surface area is 119 Å². The summed E-state index contributed by atoms with van der Waals surface area (Å²) in [7, 11) is 0. The van der Waals surface area contributed by atoms with E-state index in [9.17, 15) is 0 Å². The van der Waals surface area contributed by atoms with Crippen LogP contribution in [0.2, 0.25) is 0 Å². The first-order chi connectivity index (χ1) is 8.56. The van der Waals surface area contributed by atoms with Crippen LogP contribution < -0.4 is 4.74 Å². The molecule has 1 aliphatic rings. The van der Waals surface area contributed by atoms with Gasteiger partial charge in [-0.3, -0.25) is 0 Å². The van der Waals surface area contributed by atoms with Crippen molar-refractivity contribution in [2.24, 2.45) is 5.41 Å². The lowest BCUT2D eigenvalue weighted by Crippen LogP contribution is -2.37. The Morgan fingerprint density at radius 3 is 2.56 bits per heavy atom. The average molecular weight is 311 g/mol. The van der Waals surface area contributed by atoms with Gasteiger partial charge in [-0.05, 0) is 42.9 Å². The van der Waals surface area contributed by atoms with Crippen LogP contribution in [0.4, 0.5) is 0 Å². The maximum Gasteiger partial charge on any atom is 0.123 e. The second-order valence-corrected chi connectivity index (χ2v) is 6.53. The Bertz CT molecular complexity index is 402. The van der Waals surface area contributed by atoms with E-state index in [-0.39, 0.29) is 0 Å². The minimum atomic E-state index is 0.387. The molecule has 0 heterocycles. The molecule has 1 aromatic carbocycles. The smallest absolute Gasteiger partial charge is 0.123 e. The fourth-order valence-electron chi connectivity index (χ4n) is 2.47.